The predicted molar refractivity (Wildman–Crippen MR) is 81.6 cm³/mol. The van der Waals surface area contributed by atoms with Crippen LogP contribution >= 0.6 is 0 Å². The Hall–Kier alpha value is -1.41. The van der Waals surface area contributed by atoms with Crippen LogP contribution in [0.4, 0.5) is 11.6 Å². The lowest BCUT2D eigenvalue weighted by molar-refractivity contribution is 0.521. The third kappa shape index (κ3) is 4.61. The largest absolute Gasteiger partial charge is 0.373 e. The van der Waals surface area contributed by atoms with Gasteiger partial charge in [-0.05, 0) is 0 Å². The Morgan fingerprint density at radius 2 is 1.85 bits per heavy atom. The number of rotatable bonds is 7. The van der Waals surface area contributed by atoms with Crippen molar-refractivity contribution in [1.29, 1.82) is 0 Å². The molecule has 0 unspecified atom stereocenters. The average Bonchev–Trinajstić information content (AvgIpc) is 2.37. The Bertz CT molecular complexity index is 543. The monoisotopic (exact) mass is 301 g/mol. The fourth-order valence-corrected chi connectivity index (χ4v) is 2.16. The summed E-state index contributed by atoms with van der Waals surface area (Å²) >= 11 is 0. The molecule has 0 saturated heterocycles. The van der Waals surface area contributed by atoms with Crippen molar-refractivity contribution < 1.29 is 8.42 Å². The molecule has 1 heterocycles. The third-order valence-electron chi connectivity index (χ3n) is 2.74. The number of nitrogens with one attached hydrogen (secondary N) is 2. The Labute approximate surface area is 120 Å². The van der Waals surface area contributed by atoms with E-state index in [1.165, 1.54) is 18.4 Å². The van der Waals surface area contributed by atoms with Gasteiger partial charge >= 0.3 is 0 Å². The lowest BCUT2D eigenvalue weighted by Gasteiger charge is -2.13. The van der Waals surface area contributed by atoms with Crippen LogP contribution in [0, 0.1) is 0 Å². The van der Waals surface area contributed by atoms with Crippen LogP contribution in [-0.4, -0.2) is 56.1 Å². The molecule has 0 radical (unpaired) electrons. The SMILES string of the molecule is CNc1cc(NCCS(=O)(=O)N(C)C)nc(C(C)C)n1. The second-order valence-corrected chi connectivity index (χ2v) is 7.23. The van der Waals surface area contributed by atoms with Crippen LogP contribution in [0.2, 0.25) is 0 Å². The van der Waals surface area contributed by atoms with E-state index in [2.05, 4.69) is 20.6 Å². The van der Waals surface area contributed by atoms with Crippen molar-refractivity contribution in [2.45, 2.75) is 19.8 Å². The van der Waals surface area contributed by atoms with Gasteiger partial charge in [-0.25, -0.2) is 22.7 Å². The van der Waals surface area contributed by atoms with Gasteiger partial charge in [-0.2, -0.15) is 0 Å². The molecule has 7 nitrogen and oxygen atoms in total. The molecule has 0 bridgehead atoms. The van der Waals surface area contributed by atoms with Crippen molar-refractivity contribution in [3.05, 3.63) is 11.9 Å². The number of hydrogen-bond acceptors (Lipinski definition) is 6. The van der Waals surface area contributed by atoms with Crippen molar-refractivity contribution in [2.75, 3.05) is 44.1 Å². The Kier molecular flexibility index (Phi) is 5.70. The first-order valence-corrected chi connectivity index (χ1v) is 8.08. The van der Waals surface area contributed by atoms with Crippen LogP contribution < -0.4 is 10.6 Å². The zero-order valence-electron chi connectivity index (χ0n) is 12.6. The standard InChI is InChI=1S/C12H23N5O2S/c1-9(2)12-15-10(13-3)8-11(16-12)14-6-7-20(18,19)17(4)5/h8-9H,6-7H2,1-5H3,(H2,13,14,15,16). The van der Waals surface area contributed by atoms with Gasteiger partial charge in [0.15, 0.2) is 0 Å². The van der Waals surface area contributed by atoms with Gasteiger partial charge in [0.05, 0.1) is 5.75 Å². The van der Waals surface area contributed by atoms with Crippen molar-refractivity contribution in [3.8, 4) is 0 Å². The highest BCUT2D eigenvalue weighted by molar-refractivity contribution is 7.89. The highest BCUT2D eigenvalue weighted by Crippen LogP contribution is 2.16. The summed E-state index contributed by atoms with van der Waals surface area (Å²) in [5.74, 6) is 2.28. The van der Waals surface area contributed by atoms with Crippen LogP contribution in [0.25, 0.3) is 0 Å². The summed E-state index contributed by atoms with van der Waals surface area (Å²) in [5, 5.41) is 6.00. The molecule has 0 saturated carbocycles. The molecular weight excluding hydrogens is 278 g/mol. The molecule has 0 fully saturated rings. The third-order valence-corrected chi connectivity index (χ3v) is 4.57. The molecule has 1 aromatic heterocycles. The molecular formula is C12H23N5O2S. The first-order chi connectivity index (χ1) is 9.26. The van der Waals surface area contributed by atoms with Crippen LogP contribution in [0.5, 0.6) is 0 Å². The van der Waals surface area contributed by atoms with E-state index in [-0.39, 0.29) is 11.7 Å². The minimum absolute atomic E-state index is 0.0237. The van der Waals surface area contributed by atoms with Gasteiger partial charge in [0, 0.05) is 39.7 Å². The molecule has 0 atom stereocenters. The number of sulfonamides is 1. The maximum atomic E-state index is 11.7. The highest BCUT2D eigenvalue weighted by atomic mass is 32.2. The van der Waals surface area contributed by atoms with E-state index >= 15 is 0 Å². The molecule has 0 aliphatic carbocycles. The van der Waals surface area contributed by atoms with Crippen molar-refractivity contribution in [2.24, 2.45) is 0 Å². The minimum Gasteiger partial charge on any atom is -0.373 e. The molecule has 0 amide bonds. The summed E-state index contributed by atoms with van der Waals surface area (Å²) in [4.78, 5) is 8.72. The molecule has 1 rings (SSSR count). The van der Waals surface area contributed by atoms with E-state index in [1.807, 2.05) is 13.8 Å². The fraction of sp³-hybridized carbons (Fsp3) is 0.667. The van der Waals surface area contributed by atoms with Crippen LogP contribution in [0.15, 0.2) is 6.07 Å². The first-order valence-electron chi connectivity index (χ1n) is 6.47. The molecule has 2 N–H and O–H groups in total. The lowest BCUT2D eigenvalue weighted by atomic mass is 10.2. The topological polar surface area (TPSA) is 87.2 Å². The van der Waals surface area contributed by atoms with Crippen LogP contribution in [0.3, 0.4) is 0 Å². The van der Waals surface area contributed by atoms with E-state index in [4.69, 9.17) is 0 Å². The predicted octanol–water partition coefficient (Wildman–Crippen LogP) is 0.945. The zero-order valence-corrected chi connectivity index (χ0v) is 13.5. The second-order valence-electron chi connectivity index (χ2n) is 4.93. The molecule has 1 aromatic rings. The second kappa shape index (κ2) is 6.85. The first kappa shape index (κ1) is 16.6. The Balaban J connectivity index is 2.75. The summed E-state index contributed by atoms with van der Waals surface area (Å²) < 4.78 is 24.5. The van der Waals surface area contributed by atoms with Crippen LogP contribution in [-0.2, 0) is 10.0 Å². The van der Waals surface area contributed by atoms with Gasteiger partial charge in [-0.15, -0.1) is 0 Å². The summed E-state index contributed by atoms with van der Waals surface area (Å²) in [7, 11) is 1.63. The molecule has 8 heteroatoms. The molecule has 114 valence electrons. The van der Waals surface area contributed by atoms with E-state index in [9.17, 15) is 8.42 Å². The minimum atomic E-state index is -3.20. The number of hydrogen-bond donors (Lipinski definition) is 2. The molecule has 0 aromatic carbocycles. The Morgan fingerprint density at radius 1 is 1.25 bits per heavy atom. The van der Waals surface area contributed by atoms with Gasteiger partial charge in [0.25, 0.3) is 0 Å². The summed E-state index contributed by atoms with van der Waals surface area (Å²) in [6, 6.07) is 1.76. The number of anilines is 2. The maximum absolute atomic E-state index is 11.7. The van der Waals surface area contributed by atoms with Crippen LogP contribution in [0.1, 0.15) is 25.6 Å². The van der Waals surface area contributed by atoms with E-state index in [0.29, 0.717) is 18.2 Å². The number of aromatic nitrogens is 2. The summed E-state index contributed by atoms with van der Waals surface area (Å²) in [6.45, 7) is 4.32. The van der Waals surface area contributed by atoms with Gasteiger partial charge in [0.1, 0.15) is 17.5 Å². The summed E-state index contributed by atoms with van der Waals surface area (Å²) in [5.41, 5.74) is 0. The molecule has 0 aliphatic rings. The van der Waals surface area contributed by atoms with Gasteiger partial charge in [-0.1, -0.05) is 13.8 Å². The van der Waals surface area contributed by atoms with Crippen molar-refractivity contribution in [3.63, 3.8) is 0 Å². The quantitative estimate of drug-likeness (QED) is 0.779. The maximum Gasteiger partial charge on any atom is 0.215 e. The Morgan fingerprint density at radius 3 is 2.35 bits per heavy atom. The number of nitrogens with zero attached hydrogens (tertiary/aromatic N) is 3. The van der Waals surface area contributed by atoms with E-state index in [1.54, 1.807) is 13.1 Å². The highest BCUT2D eigenvalue weighted by Gasteiger charge is 2.13. The smallest absolute Gasteiger partial charge is 0.215 e. The van der Waals surface area contributed by atoms with Gasteiger partial charge in [-0.3, -0.25) is 0 Å². The average molecular weight is 301 g/mol. The summed E-state index contributed by atoms with van der Waals surface area (Å²) in [6.07, 6.45) is 0. The molecule has 20 heavy (non-hydrogen) atoms. The lowest BCUT2D eigenvalue weighted by Crippen LogP contribution is -2.28. The molecule has 0 aliphatic heterocycles. The normalized spacial score (nSPS) is 11.9. The van der Waals surface area contributed by atoms with Crippen molar-refractivity contribution in [1.82, 2.24) is 14.3 Å². The van der Waals surface area contributed by atoms with E-state index in [0.717, 1.165) is 5.82 Å². The van der Waals surface area contributed by atoms with E-state index < -0.39 is 10.0 Å². The van der Waals surface area contributed by atoms with Crippen molar-refractivity contribution >= 4 is 21.7 Å². The van der Waals surface area contributed by atoms with Gasteiger partial charge in [0.2, 0.25) is 10.0 Å². The van der Waals surface area contributed by atoms with Gasteiger partial charge < -0.3 is 10.6 Å². The molecule has 0 spiro atoms. The fourth-order valence-electron chi connectivity index (χ4n) is 1.43. The zero-order chi connectivity index (χ0) is 15.3.